The van der Waals surface area contributed by atoms with Crippen LogP contribution in [-0.2, 0) is 21.4 Å². The molecule has 0 N–H and O–H groups in total. The summed E-state index contributed by atoms with van der Waals surface area (Å²) in [6.07, 6.45) is 0. The minimum absolute atomic E-state index is 0.0272. The first-order chi connectivity index (χ1) is 11.8. The van der Waals surface area contributed by atoms with Crippen LogP contribution in [0.4, 0.5) is 4.39 Å². The molecule has 0 saturated heterocycles. The second-order valence-electron chi connectivity index (χ2n) is 5.65. The van der Waals surface area contributed by atoms with Gasteiger partial charge in [-0.2, -0.15) is 0 Å². The van der Waals surface area contributed by atoms with Crippen LogP contribution in [0.5, 0.6) is 0 Å². The lowest BCUT2D eigenvalue weighted by Crippen LogP contribution is -2.41. The third-order valence-corrected chi connectivity index (χ3v) is 5.77. The number of carbonyl (C=O) groups is 2. The van der Waals surface area contributed by atoms with Crippen LogP contribution in [0.3, 0.4) is 0 Å². The second-order valence-corrected chi connectivity index (χ2v) is 7.48. The number of hydrogen-bond donors (Lipinski definition) is 0. The number of carbonyl (C=O) groups excluding carboxylic acids is 2. The van der Waals surface area contributed by atoms with E-state index in [-0.39, 0.29) is 17.0 Å². The second kappa shape index (κ2) is 6.29. The fourth-order valence-electron chi connectivity index (χ4n) is 2.60. The van der Waals surface area contributed by atoms with Gasteiger partial charge in [0.1, 0.15) is 17.3 Å². The average Bonchev–Trinajstić information content (AvgIpc) is 2.78. The van der Waals surface area contributed by atoms with Gasteiger partial charge in [-0.1, -0.05) is 30.3 Å². The van der Waals surface area contributed by atoms with Gasteiger partial charge in [0.25, 0.3) is 15.9 Å². The highest BCUT2D eigenvalue weighted by atomic mass is 32.2. The summed E-state index contributed by atoms with van der Waals surface area (Å²) in [4.78, 5) is 25.7. The summed E-state index contributed by atoms with van der Waals surface area (Å²) in [5, 5.41) is 0. The van der Waals surface area contributed by atoms with E-state index in [4.69, 9.17) is 0 Å². The van der Waals surface area contributed by atoms with Crippen molar-refractivity contribution in [2.24, 2.45) is 0 Å². The van der Waals surface area contributed by atoms with Crippen molar-refractivity contribution in [1.82, 2.24) is 9.21 Å². The third-order valence-electron chi connectivity index (χ3n) is 3.98. The Bertz CT molecular complexity index is 959. The van der Waals surface area contributed by atoms with Crippen LogP contribution in [0.25, 0.3) is 0 Å². The number of fused-ring (bicyclic) bond motifs is 1. The van der Waals surface area contributed by atoms with E-state index in [0.29, 0.717) is 9.87 Å². The Balaban J connectivity index is 1.78. The summed E-state index contributed by atoms with van der Waals surface area (Å²) < 4.78 is 39.1. The maximum atomic E-state index is 13.7. The highest BCUT2D eigenvalue weighted by Crippen LogP contribution is 2.29. The summed E-state index contributed by atoms with van der Waals surface area (Å²) >= 11 is 0. The van der Waals surface area contributed by atoms with E-state index in [1.807, 2.05) is 0 Å². The fourth-order valence-corrected chi connectivity index (χ4v) is 4.12. The van der Waals surface area contributed by atoms with Crippen molar-refractivity contribution in [1.29, 1.82) is 0 Å². The quantitative estimate of drug-likeness (QED) is 0.829. The highest BCUT2D eigenvalue weighted by molar-refractivity contribution is 7.90. The molecule has 130 valence electrons. The van der Waals surface area contributed by atoms with E-state index < -0.39 is 34.2 Å². The topological polar surface area (TPSA) is 74.8 Å². The van der Waals surface area contributed by atoms with Crippen molar-refractivity contribution >= 4 is 21.8 Å². The van der Waals surface area contributed by atoms with Crippen LogP contribution in [-0.4, -0.2) is 43.0 Å². The van der Waals surface area contributed by atoms with Gasteiger partial charge in [-0.25, -0.2) is 17.1 Å². The Kier molecular flexibility index (Phi) is 4.30. The molecule has 0 saturated carbocycles. The van der Waals surface area contributed by atoms with Crippen molar-refractivity contribution in [3.63, 3.8) is 0 Å². The number of rotatable bonds is 4. The number of amides is 2. The number of sulfonamides is 1. The molecule has 2 aromatic rings. The number of likely N-dealkylation sites (N-methyl/N-ethyl adjacent to an activating group) is 1. The zero-order chi connectivity index (χ0) is 18.2. The maximum absolute atomic E-state index is 13.7. The standard InChI is InChI=1S/C17H15FN2O4S/c1-19(10-12-6-2-4-8-14(12)18)16(21)11-20-17(22)13-7-3-5-9-15(13)25(20,23)24/h2-9H,10-11H2,1H3. The molecule has 8 heteroatoms. The normalized spacial score (nSPS) is 15.1. The Morgan fingerprint density at radius 2 is 1.76 bits per heavy atom. The van der Waals surface area contributed by atoms with Gasteiger partial charge in [-0.15, -0.1) is 0 Å². The molecule has 0 radical (unpaired) electrons. The molecule has 25 heavy (non-hydrogen) atoms. The van der Waals surface area contributed by atoms with Gasteiger partial charge in [0.2, 0.25) is 5.91 Å². The molecule has 0 spiro atoms. The molecule has 3 rings (SSSR count). The molecule has 0 fully saturated rings. The predicted octanol–water partition coefficient (Wildman–Crippen LogP) is 1.63. The van der Waals surface area contributed by atoms with Crippen LogP contribution < -0.4 is 0 Å². The van der Waals surface area contributed by atoms with E-state index in [9.17, 15) is 22.4 Å². The molecule has 2 amide bonds. The predicted molar refractivity (Wildman–Crippen MR) is 87.5 cm³/mol. The minimum atomic E-state index is -4.04. The Labute approximate surface area is 144 Å². The number of hydrogen-bond acceptors (Lipinski definition) is 4. The van der Waals surface area contributed by atoms with Gasteiger partial charge >= 0.3 is 0 Å². The summed E-state index contributed by atoms with van der Waals surface area (Å²) in [5.74, 6) is -1.80. The van der Waals surface area contributed by atoms with E-state index in [0.717, 1.165) is 0 Å². The van der Waals surface area contributed by atoms with Crippen molar-refractivity contribution in [3.8, 4) is 0 Å². The zero-order valence-electron chi connectivity index (χ0n) is 13.3. The van der Waals surface area contributed by atoms with Crippen molar-refractivity contribution in [3.05, 3.63) is 65.5 Å². The molecular weight excluding hydrogens is 347 g/mol. The van der Waals surface area contributed by atoms with E-state index in [1.165, 1.54) is 48.3 Å². The smallest absolute Gasteiger partial charge is 0.269 e. The summed E-state index contributed by atoms with van der Waals surface area (Å²) in [6.45, 7) is -0.651. The number of benzene rings is 2. The first-order valence-electron chi connectivity index (χ1n) is 7.46. The molecule has 0 atom stereocenters. The summed E-state index contributed by atoms with van der Waals surface area (Å²) in [5.41, 5.74) is 0.351. The van der Waals surface area contributed by atoms with Gasteiger partial charge in [-0.05, 0) is 18.2 Å². The summed E-state index contributed by atoms with van der Waals surface area (Å²) in [6, 6.07) is 11.8. The first kappa shape index (κ1) is 17.1. The van der Waals surface area contributed by atoms with Gasteiger partial charge in [0.15, 0.2) is 0 Å². The minimum Gasteiger partial charge on any atom is -0.340 e. The van der Waals surface area contributed by atoms with Crippen LogP contribution >= 0.6 is 0 Å². The maximum Gasteiger partial charge on any atom is 0.269 e. The molecule has 1 aliphatic heterocycles. The van der Waals surface area contributed by atoms with Gasteiger partial charge in [0, 0.05) is 19.2 Å². The summed E-state index contributed by atoms with van der Waals surface area (Å²) in [7, 11) is -2.62. The number of halogens is 1. The van der Waals surface area contributed by atoms with Crippen LogP contribution in [0.2, 0.25) is 0 Å². The first-order valence-corrected chi connectivity index (χ1v) is 8.90. The van der Waals surface area contributed by atoms with E-state index in [1.54, 1.807) is 12.1 Å². The lowest BCUT2D eigenvalue weighted by molar-refractivity contribution is -0.130. The molecule has 1 heterocycles. The van der Waals surface area contributed by atoms with Crippen molar-refractivity contribution < 1.29 is 22.4 Å². The highest BCUT2D eigenvalue weighted by Gasteiger charge is 2.42. The fraction of sp³-hybridized carbons (Fsp3) is 0.176. The Morgan fingerprint density at radius 3 is 2.44 bits per heavy atom. The van der Waals surface area contributed by atoms with Crippen LogP contribution in [0.1, 0.15) is 15.9 Å². The molecule has 0 aromatic heterocycles. The van der Waals surface area contributed by atoms with E-state index in [2.05, 4.69) is 0 Å². The van der Waals surface area contributed by atoms with Crippen LogP contribution in [0, 0.1) is 5.82 Å². The molecular formula is C17H15FN2O4S. The van der Waals surface area contributed by atoms with Gasteiger partial charge < -0.3 is 4.90 Å². The monoisotopic (exact) mass is 362 g/mol. The average molecular weight is 362 g/mol. The van der Waals surface area contributed by atoms with Gasteiger partial charge in [-0.3, -0.25) is 9.59 Å². The molecule has 0 aliphatic carbocycles. The van der Waals surface area contributed by atoms with Crippen LogP contribution in [0.15, 0.2) is 53.4 Å². The molecule has 6 nitrogen and oxygen atoms in total. The van der Waals surface area contributed by atoms with E-state index >= 15 is 0 Å². The largest absolute Gasteiger partial charge is 0.340 e. The number of nitrogens with zero attached hydrogens (tertiary/aromatic N) is 2. The van der Waals surface area contributed by atoms with Gasteiger partial charge in [0.05, 0.1) is 5.56 Å². The molecule has 0 unspecified atom stereocenters. The lowest BCUT2D eigenvalue weighted by Gasteiger charge is -2.21. The SMILES string of the molecule is CN(Cc1ccccc1F)C(=O)CN1C(=O)c2ccccc2S1(=O)=O. The molecule has 2 aromatic carbocycles. The lowest BCUT2D eigenvalue weighted by atomic mass is 10.2. The molecule has 1 aliphatic rings. The molecule has 0 bridgehead atoms. The van der Waals surface area contributed by atoms with Crippen molar-refractivity contribution in [2.75, 3.05) is 13.6 Å². The van der Waals surface area contributed by atoms with Crippen molar-refractivity contribution in [2.45, 2.75) is 11.4 Å². The Morgan fingerprint density at radius 1 is 1.12 bits per heavy atom. The zero-order valence-corrected chi connectivity index (χ0v) is 14.2. The third kappa shape index (κ3) is 3.00. The Hall–Kier alpha value is -2.74.